The quantitative estimate of drug-likeness (QED) is 0.802. The first-order valence-electron chi connectivity index (χ1n) is 7.64. The van der Waals surface area contributed by atoms with Gasteiger partial charge in [0.1, 0.15) is 0 Å². The third-order valence-corrected chi connectivity index (χ3v) is 3.57. The molecule has 0 saturated heterocycles. The zero-order chi connectivity index (χ0) is 17.4. The molecule has 1 heterocycles. The molecule has 128 valence electrons. The molecule has 24 heavy (non-hydrogen) atoms. The molecular formula is C18H22N2O4. The van der Waals surface area contributed by atoms with Gasteiger partial charge in [-0.15, -0.1) is 0 Å². The lowest BCUT2D eigenvalue weighted by atomic mass is 10.1. The van der Waals surface area contributed by atoms with E-state index in [2.05, 4.69) is 10.3 Å². The molecule has 0 radical (unpaired) electrons. The molecule has 0 unspecified atom stereocenters. The van der Waals surface area contributed by atoms with Crippen LogP contribution in [-0.2, 0) is 17.6 Å². The molecular weight excluding hydrogens is 308 g/mol. The highest BCUT2D eigenvalue weighted by atomic mass is 16.5. The number of hydrogen-bond donors (Lipinski definition) is 1. The molecule has 2 rings (SSSR count). The molecule has 1 N–H and O–H groups in total. The van der Waals surface area contributed by atoms with Gasteiger partial charge in [-0.2, -0.15) is 0 Å². The van der Waals surface area contributed by atoms with Crippen molar-refractivity contribution in [3.05, 3.63) is 47.8 Å². The minimum atomic E-state index is -0.0866. The van der Waals surface area contributed by atoms with Crippen LogP contribution >= 0.6 is 0 Å². The molecule has 0 bridgehead atoms. The summed E-state index contributed by atoms with van der Waals surface area (Å²) in [6, 6.07) is 9.30. The number of hydrogen-bond acceptors (Lipinski definition) is 5. The fourth-order valence-electron chi connectivity index (χ4n) is 2.41. The molecule has 0 aliphatic carbocycles. The summed E-state index contributed by atoms with van der Waals surface area (Å²) in [6.07, 6.45) is 2.63. The predicted molar refractivity (Wildman–Crippen MR) is 90.8 cm³/mol. The predicted octanol–water partition coefficient (Wildman–Crippen LogP) is 2.01. The maximum absolute atomic E-state index is 12.2. The van der Waals surface area contributed by atoms with Gasteiger partial charge in [0.05, 0.1) is 27.8 Å². The minimum Gasteiger partial charge on any atom is -0.493 e. The van der Waals surface area contributed by atoms with Crippen molar-refractivity contribution in [2.45, 2.75) is 12.8 Å². The van der Waals surface area contributed by atoms with E-state index in [1.165, 1.54) is 7.11 Å². The average Bonchev–Trinajstić information content (AvgIpc) is 2.62. The zero-order valence-corrected chi connectivity index (χ0v) is 14.2. The molecule has 0 atom stereocenters. The van der Waals surface area contributed by atoms with Crippen molar-refractivity contribution in [2.24, 2.45) is 0 Å². The molecule has 0 aliphatic heterocycles. The second-order valence-corrected chi connectivity index (χ2v) is 5.09. The van der Waals surface area contributed by atoms with Crippen LogP contribution in [0.1, 0.15) is 11.3 Å². The van der Waals surface area contributed by atoms with E-state index in [4.69, 9.17) is 14.2 Å². The molecule has 0 aliphatic rings. The van der Waals surface area contributed by atoms with Crippen LogP contribution in [-0.4, -0.2) is 38.8 Å². The number of nitrogens with one attached hydrogen (secondary N) is 1. The van der Waals surface area contributed by atoms with Crippen molar-refractivity contribution in [1.29, 1.82) is 0 Å². The molecule has 1 aromatic carbocycles. The third kappa shape index (κ3) is 4.38. The lowest BCUT2D eigenvalue weighted by Gasteiger charge is -2.15. The number of carbonyl (C=O) groups is 1. The lowest BCUT2D eigenvalue weighted by molar-refractivity contribution is -0.120. The summed E-state index contributed by atoms with van der Waals surface area (Å²) >= 11 is 0. The summed E-state index contributed by atoms with van der Waals surface area (Å²) in [7, 11) is 4.64. The standard InChI is InChI=1S/C18H22N2O4/c1-22-15-8-7-13(17(23-2)18(15)24-3)12-16(21)20-11-9-14-6-4-5-10-19-14/h4-8,10H,9,11-12H2,1-3H3,(H,20,21). The van der Waals surface area contributed by atoms with Gasteiger partial charge in [-0.25, -0.2) is 0 Å². The second kappa shape index (κ2) is 8.76. The third-order valence-electron chi connectivity index (χ3n) is 3.57. The monoisotopic (exact) mass is 330 g/mol. The Morgan fingerprint density at radius 3 is 2.46 bits per heavy atom. The number of ether oxygens (including phenoxy) is 3. The highest BCUT2D eigenvalue weighted by Gasteiger charge is 2.17. The topological polar surface area (TPSA) is 69.7 Å². The van der Waals surface area contributed by atoms with E-state index in [0.717, 1.165) is 11.3 Å². The number of aromatic nitrogens is 1. The van der Waals surface area contributed by atoms with Crippen LogP contribution in [0, 0.1) is 0 Å². The van der Waals surface area contributed by atoms with Gasteiger partial charge in [-0.3, -0.25) is 9.78 Å². The van der Waals surface area contributed by atoms with Gasteiger partial charge in [0.2, 0.25) is 11.7 Å². The molecule has 0 saturated carbocycles. The normalized spacial score (nSPS) is 10.1. The Morgan fingerprint density at radius 2 is 1.83 bits per heavy atom. The van der Waals surface area contributed by atoms with Gasteiger partial charge in [-0.1, -0.05) is 12.1 Å². The summed E-state index contributed by atoms with van der Waals surface area (Å²) in [4.78, 5) is 16.4. The highest BCUT2D eigenvalue weighted by Crippen LogP contribution is 2.39. The van der Waals surface area contributed by atoms with Crippen LogP contribution in [0.3, 0.4) is 0 Å². The highest BCUT2D eigenvalue weighted by molar-refractivity contribution is 5.80. The van der Waals surface area contributed by atoms with E-state index in [1.54, 1.807) is 32.5 Å². The van der Waals surface area contributed by atoms with E-state index in [0.29, 0.717) is 30.2 Å². The van der Waals surface area contributed by atoms with E-state index >= 15 is 0 Å². The van der Waals surface area contributed by atoms with Crippen molar-refractivity contribution < 1.29 is 19.0 Å². The fourth-order valence-corrected chi connectivity index (χ4v) is 2.41. The van der Waals surface area contributed by atoms with Gasteiger partial charge in [-0.05, 0) is 18.2 Å². The summed E-state index contributed by atoms with van der Waals surface area (Å²) in [5.74, 6) is 1.47. The maximum atomic E-state index is 12.2. The Labute approximate surface area is 141 Å². The SMILES string of the molecule is COc1ccc(CC(=O)NCCc2ccccn2)c(OC)c1OC. The second-order valence-electron chi connectivity index (χ2n) is 5.09. The Balaban J connectivity index is 1.98. The van der Waals surface area contributed by atoms with Gasteiger partial charge < -0.3 is 19.5 Å². The number of methoxy groups -OCH3 is 3. The van der Waals surface area contributed by atoms with Gasteiger partial charge in [0, 0.05) is 30.4 Å². The maximum Gasteiger partial charge on any atom is 0.224 e. The van der Waals surface area contributed by atoms with Crippen molar-refractivity contribution in [3.8, 4) is 17.2 Å². The fraction of sp³-hybridized carbons (Fsp3) is 0.333. The Bertz CT molecular complexity index is 674. The summed E-state index contributed by atoms with van der Waals surface area (Å²) < 4.78 is 16.0. The number of carbonyl (C=O) groups excluding carboxylic acids is 1. The average molecular weight is 330 g/mol. The zero-order valence-electron chi connectivity index (χ0n) is 14.2. The first kappa shape index (κ1) is 17.6. The van der Waals surface area contributed by atoms with Gasteiger partial charge >= 0.3 is 0 Å². The minimum absolute atomic E-state index is 0.0866. The van der Waals surface area contributed by atoms with Crippen LogP contribution in [0.25, 0.3) is 0 Å². The van der Waals surface area contributed by atoms with Crippen LogP contribution in [0.5, 0.6) is 17.2 Å². The van der Waals surface area contributed by atoms with Crippen LogP contribution in [0.15, 0.2) is 36.5 Å². The number of rotatable bonds is 8. The Hall–Kier alpha value is -2.76. The van der Waals surface area contributed by atoms with Crippen molar-refractivity contribution in [2.75, 3.05) is 27.9 Å². The first-order valence-corrected chi connectivity index (χ1v) is 7.64. The number of amides is 1. The lowest BCUT2D eigenvalue weighted by Crippen LogP contribution is -2.27. The molecule has 0 fully saturated rings. The molecule has 6 nitrogen and oxygen atoms in total. The summed E-state index contributed by atoms with van der Waals surface area (Å²) in [5.41, 5.74) is 1.69. The summed E-state index contributed by atoms with van der Waals surface area (Å²) in [5, 5.41) is 2.89. The first-order chi connectivity index (χ1) is 11.7. The number of nitrogens with zero attached hydrogens (tertiary/aromatic N) is 1. The molecule has 6 heteroatoms. The number of benzene rings is 1. The smallest absolute Gasteiger partial charge is 0.224 e. The van der Waals surface area contributed by atoms with E-state index in [9.17, 15) is 4.79 Å². The van der Waals surface area contributed by atoms with E-state index < -0.39 is 0 Å². The molecule has 2 aromatic rings. The molecule has 1 amide bonds. The van der Waals surface area contributed by atoms with Gasteiger partial charge in [0.15, 0.2) is 11.5 Å². The largest absolute Gasteiger partial charge is 0.493 e. The van der Waals surface area contributed by atoms with Gasteiger partial charge in [0.25, 0.3) is 0 Å². The molecule has 0 spiro atoms. The molecule has 1 aromatic heterocycles. The Kier molecular flexibility index (Phi) is 6.42. The van der Waals surface area contributed by atoms with Crippen LogP contribution in [0.4, 0.5) is 0 Å². The van der Waals surface area contributed by atoms with Crippen LogP contribution < -0.4 is 19.5 Å². The summed E-state index contributed by atoms with van der Waals surface area (Å²) in [6.45, 7) is 0.533. The van der Waals surface area contributed by atoms with Crippen molar-refractivity contribution >= 4 is 5.91 Å². The number of pyridine rings is 1. The van der Waals surface area contributed by atoms with E-state index in [1.807, 2.05) is 18.2 Å². The van der Waals surface area contributed by atoms with Crippen molar-refractivity contribution in [3.63, 3.8) is 0 Å². The van der Waals surface area contributed by atoms with Crippen molar-refractivity contribution in [1.82, 2.24) is 10.3 Å². The Morgan fingerprint density at radius 1 is 1.04 bits per heavy atom. The van der Waals surface area contributed by atoms with E-state index in [-0.39, 0.29) is 12.3 Å². The van der Waals surface area contributed by atoms with Crippen LogP contribution in [0.2, 0.25) is 0 Å².